The van der Waals surface area contributed by atoms with E-state index in [0.29, 0.717) is 24.5 Å². The number of ether oxygens (including phenoxy) is 3. The van der Waals surface area contributed by atoms with Crippen LogP contribution in [0.25, 0.3) is 0 Å². The van der Waals surface area contributed by atoms with Crippen LogP contribution in [0, 0.1) is 0 Å². The Morgan fingerprint density at radius 1 is 1.00 bits per heavy atom. The average molecular weight is 426 g/mol. The minimum absolute atomic E-state index is 0.0323. The van der Waals surface area contributed by atoms with E-state index in [1.54, 1.807) is 26.3 Å². The van der Waals surface area contributed by atoms with E-state index in [9.17, 15) is 4.79 Å². The predicted molar refractivity (Wildman–Crippen MR) is 121 cm³/mol. The number of benzene rings is 2. The molecule has 0 fully saturated rings. The van der Waals surface area contributed by atoms with Crippen LogP contribution in [-0.4, -0.2) is 62.5 Å². The van der Waals surface area contributed by atoms with E-state index in [1.807, 2.05) is 42.5 Å². The van der Waals surface area contributed by atoms with Crippen LogP contribution in [-0.2, 0) is 4.79 Å². The summed E-state index contributed by atoms with van der Waals surface area (Å²) in [6.07, 6.45) is 0.596. The van der Waals surface area contributed by atoms with Gasteiger partial charge in [-0.3, -0.25) is 9.69 Å². The molecule has 1 unspecified atom stereocenters. The Hall–Kier alpha value is -3.06. The van der Waals surface area contributed by atoms with E-state index in [4.69, 9.17) is 19.3 Å². The molecule has 0 N–H and O–H groups in total. The molecule has 1 amide bonds. The van der Waals surface area contributed by atoms with Crippen molar-refractivity contribution in [1.29, 1.82) is 0 Å². The minimum atomic E-state index is -0.249. The monoisotopic (exact) mass is 425 g/mol. The molecule has 0 spiro atoms. The lowest BCUT2D eigenvalue weighted by molar-refractivity contribution is -0.134. The van der Waals surface area contributed by atoms with Gasteiger partial charge in [-0.05, 0) is 55.1 Å². The zero-order valence-electron chi connectivity index (χ0n) is 18.9. The van der Waals surface area contributed by atoms with Gasteiger partial charge in [0.2, 0.25) is 0 Å². The molecule has 1 heterocycles. The number of rotatable bonds is 9. The van der Waals surface area contributed by atoms with Crippen molar-refractivity contribution in [1.82, 2.24) is 9.91 Å². The number of carbonyl (C=O) groups excluding carboxylic acids is 1. The molecule has 2 aromatic carbocycles. The van der Waals surface area contributed by atoms with Gasteiger partial charge >= 0.3 is 0 Å². The summed E-state index contributed by atoms with van der Waals surface area (Å²) < 4.78 is 16.2. The Bertz CT molecular complexity index is 923. The first-order valence-electron chi connectivity index (χ1n) is 10.5. The highest BCUT2D eigenvalue weighted by atomic mass is 16.5. The second-order valence-electron chi connectivity index (χ2n) is 7.30. The van der Waals surface area contributed by atoms with E-state index in [1.165, 1.54) is 0 Å². The molecule has 3 rings (SSSR count). The fourth-order valence-electron chi connectivity index (χ4n) is 3.75. The van der Waals surface area contributed by atoms with Crippen LogP contribution in [0.4, 0.5) is 0 Å². The quantitative estimate of drug-likeness (QED) is 0.613. The molecule has 1 atom stereocenters. The van der Waals surface area contributed by atoms with Crippen LogP contribution < -0.4 is 14.2 Å². The van der Waals surface area contributed by atoms with Gasteiger partial charge in [0, 0.05) is 18.1 Å². The van der Waals surface area contributed by atoms with Gasteiger partial charge in [-0.25, -0.2) is 5.01 Å². The van der Waals surface area contributed by atoms with Crippen LogP contribution in [0.2, 0.25) is 0 Å². The van der Waals surface area contributed by atoms with Crippen LogP contribution in [0.5, 0.6) is 17.2 Å². The molecule has 1 aliphatic rings. The summed E-state index contributed by atoms with van der Waals surface area (Å²) in [4.78, 5) is 15.3. The third-order valence-electron chi connectivity index (χ3n) is 5.64. The van der Waals surface area contributed by atoms with Crippen molar-refractivity contribution in [2.24, 2.45) is 5.10 Å². The van der Waals surface area contributed by atoms with Crippen molar-refractivity contribution in [3.8, 4) is 17.2 Å². The Balaban J connectivity index is 1.97. The van der Waals surface area contributed by atoms with E-state index >= 15 is 0 Å². The van der Waals surface area contributed by atoms with Crippen LogP contribution in [0.3, 0.4) is 0 Å². The predicted octanol–water partition coefficient (Wildman–Crippen LogP) is 3.73. The van der Waals surface area contributed by atoms with Gasteiger partial charge in [-0.1, -0.05) is 13.8 Å². The molecular weight excluding hydrogens is 394 g/mol. The molecule has 0 bridgehead atoms. The summed E-state index contributed by atoms with van der Waals surface area (Å²) in [5, 5.41) is 6.37. The lowest BCUT2D eigenvalue weighted by Crippen LogP contribution is -2.38. The van der Waals surface area contributed by atoms with Gasteiger partial charge in [0.1, 0.15) is 17.2 Å². The Kier molecular flexibility index (Phi) is 7.52. The number of amides is 1. The van der Waals surface area contributed by atoms with Crippen molar-refractivity contribution in [2.75, 3.05) is 41.0 Å². The highest BCUT2D eigenvalue weighted by molar-refractivity contribution is 6.03. The van der Waals surface area contributed by atoms with E-state index in [-0.39, 0.29) is 11.9 Å². The number of likely N-dealkylation sites (N-methyl/N-ethyl adjacent to an activating group) is 1. The second-order valence-corrected chi connectivity index (χ2v) is 7.30. The van der Waals surface area contributed by atoms with E-state index < -0.39 is 0 Å². The maximum Gasteiger partial charge on any atom is 0.257 e. The highest BCUT2D eigenvalue weighted by Crippen LogP contribution is 2.39. The Labute approximate surface area is 184 Å². The lowest BCUT2D eigenvalue weighted by atomic mass is 9.97. The van der Waals surface area contributed by atoms with E-state index in [0.717, 1.165) is 35.7 Å². The zero-order chi connectivity index (χ0) is 22.4. The Morgan fingerprint density at radius 2 is 1.65 bits per heavy atom. The molecule has 0 saturated heterocycles. The topological polar surface area (TPSA) is 63.6 Å². The summed E-state index contributed by atoms with van der Waals surface area (Å²) in [5.41, 5.74) is 2.73. The number of hydrazone groups is 1. The molecule has 31 heavy (non-hydrogen) atoms. The summed E-state index contributed by atoms with van der Waals surface area (Å²) in [6, 6.07) is 13.2. The van der Waals surface area contributed by atoms with Crippen molar-refractivity contribution in [3.05, 3.63) is 53.6 Å². The van der Waals surface area contributed by atoms with Gasteiger partial charge in [-0.15, -0.1) is 0 Å². The average Bonchev–Trinajstić information content (AvgIpc) is 3.27. The molecule has 0 radical (unpaired) electrons. The molecule has 1 aliphatic heterocycles. The fraction of sp³-hybridized carbons (Fsp3) is 0.417. The number of nitrogens with zero attached hydrogens (tertiary/aromatic N) is 3. The van der Waals surface area contributed by atoms with Crippen molar-refractivity contribution >= 4 is 11.6 Å². The van der Waals surface area contributed by atoms with Gasteiger partial charge in [0.25, 0.3) is 5.91 Å². The van der Waals surface area contributed by atoms with Gasteiger partial charge in [-0.2, -0.15) is 5.10 Å². The van der Waals surface area contributed by atoms with Crippen LogP contribution in [0.1, 0.15) is 37.4 Å². The molecule has 0 saturated carbocycles. The lowest BCUT2D eigenvalue weighted by Gasteiger charge is -2.26. The third-order valence-corrected chi connectivity index (χ3v) is 5.64. The molecule has 2 aromatic rings. The molecule has 7 nitrogen and oxygen atoms in total. The first kappa shape index (κ1) is 22.6. The molecule has 7 heteroatoms. The zero-order valence-corrected chi connectivity index (χ0v) is 18.9. The highest BCUT2D eigenvalue weighted by Gasteiger charge is 2.35. The molecule has 166 valence electrons. The number of methoxy groups -OCH3 is 3. The molecule has 0 aromatic heterocycles. The maximum atomic E-state index is 13.2. The van der Waals surface area contributed by atoms with Crippen molar-refractivity contribution in [3.63, 3.8) is 0 Å². The van der Waals surface area contributed by atoms with Crippen LogP contribution >= 0.6 is 0 Å². The molecular formula is C24H31N3O4. The van der Waals surface area contributed by atoms with Crippen molar-refractivity contribution < 1.29 is 19.0 Å². The smallest absolute Gasteiger partial charge is 0.257 e. The number of carbonyl (C=O) groups is 1. The summed E-state index contributed by atoms with van der Waals surface area (Å²) in [7, 11) is 4.89. The summed E-state index contributed by atoms with van der Waals surface area (Å²) in [5.74, 6) is 2.13. The normalized spacial score (nSPS) is 15.7. The van der Waals surface area contributed by atoms with Gasteiger partial charge < -0.3 is 14.2 Å². The van der Waals surface area contributed by atoms with Gasteiger partial charge in [0.15, 0.2) is 0 Å². The molecule has 0 aliphatic carbocycles. The SMILES string of the molecule is CCN(CC)CC(=O)N1N=C(c2ccc(OC)cc2)CC1c1ccc(OC)cc1OC. The first-order valence-corrected chi connectivity index (χ1v) is 10.5. The fourth-order valence-corrected chi connectivity index (χ4v) is 3.75. The van der Waals surface area contributed by atoms with Gasteiger partial charge in [0.05, 0.1) is 39.6 Å². The summed E-state index contributed by atoms with van der Waals surface area (Å²) >= 11 is 0. The van der Waals surface area contributed by atoms with E-state index in [2.05, 4.69) is 18.7 Å². The van der Waals surface area contributed by atoms with Crippen molar-refractivity contribution in [2.45, 2.75) is 26.3 Å². The summed E-state index contributed by atoms with van der Waals surface area (Å²) in [6.45, 7) is 6.04. The van der Waals surface area contributed by atoms with Crippen LogP contribution in [0.15, 0.2) is 47.6 Å². The minimum Gasteiger partial charge on any atom is -0.497 e. The second kappa shape index (κ2) is 10.3. The maximum absolute atomic E-state index is 13.2. The number of hydrogen-bond acceptors (Lipinski definition) is 6. The Morgan fingerprint density at radius 3 is 2.23 bits per heavy atom. The number of hydrogen-bond donors (Lipinski definition) is 0. The third kappa shape index (κ3) is 4.99. The first-order chi connectivity index (χ1) is 15.0. The standard InChI is InChI=1S/C24H31N3O4/c1-6-26(7-2)16-24(28)27-22(20-13-12-19(30-4)14-23(20)31-5)15-21(25-27)17-8-10-18(29-3)11-9-17/h8-14,22H,6-7,15-16H2,1-5H3. The largest absolute Gasteiger partial charge is 0.497 e.